The van der Waals surface area contributed by atoms with Gasteiger partial charge in [-0.2, -0.15) is 0 Å². The zero-order valence-corrected chi connectivity index (χ0v) is 9.60. The average Bonchev–Trinajstić information content (AvgIpc) is 2.75. The molecule has 3 heteroatoms. The summed E-state index contributed by atoms with van der Waals surface area (Å²) in [7, 11) is 1.61. The Bertz CT molecular complexity index is 369. The summed E-state index contributed by atoms with van der Waals surface area (Å²) in [5, 5.41) is 0. The summed E-state index contributed by atoms with van der Waals surface area (Å²) in [6.07, 6.45) is 0.695. The van der Waals surface area contributed by atoms with E-state index in [0.717, 1.165) is 12.2 Å². The van der Waals surface area contributed by atoms with Crippen molar-refractivity contribution in [2.24, 2.45) is 5.92 Å². The molecule has 16 heavy (non-hydrogen) atoms. The van der Waals surface area contributed by atoms with Crippen molar-refractivity contribution >= 4 is 5.78 Å². The van der Waals surface area contributed by atoms with E-state index < -0.39 is 0 Å². The molecule has 0 saturated carbocycles. The Morgan fingerprint density at radius 3 is 2.56 bits per heavy atom. The van der Waals surface area contributed by atoms with Gasteiger partial charge in [-0.15, -0.1) is 0 Å². The fraction of sp³-hybridized carbons (Fsp3) is 0.462. The van der Waals surface area contributed by atoms with E-state index in [9.17, 15) is 4.79 Å². The summed E-state index contributed by atoms with van der Waals surface area (Å²) in [5.41, 5.74) is 0.694. The summed E-state index contributed by atoms with van der Waals surface area (Å²) < 4.78 is 10.5. The number of carbonyl (C=O) groups is 1. The van der Waals surface area contributed by atoms with Crippen molar-refractivity contribution in [2.75, 3.05) is 13.7 Å². The molecule has 86 valence electrons. The van der Waals surface area contributed by atoms with E-state index in [4.69, 9.17) is 9.47 Å². The lowest BCUT2D eigenvalue weighted by molar-refractivity contribution is 0.0579. The highest BCUT2D eigenvalue weighted by Gasteiger charge is 2.31. The smallest absolute Gasteiger partial charge is 0.191 e. The molecule has 1 aromatic carbocycles. The van der Waals surface area contributed by atoms with Crippen molar-refractivity contribution < 1.29 is 14.3 Å². The normalized spacial score (nSPS) is 24.4. The number of rotatable bonds is 3. The second-order valence-electron chi connectivity index (χ2n) is 4.15. The van der Waals surface area contributed by atoms with E-state index in [-0.39, 0.29) is 11.9 Å². The topological polar surface area (TPSA) is 35.5 Å². The van der Waals surface area contributed by atoms with Gasteiger partial charge in [0.1, 0.15) is 11.9 Å². The van der Waals surface area contributed by atoms with E-state index in [2.05, 4.69) is 6.92 Å². The lowest BCUT2D eigenvalue weighted by Crippen LogP contribution is -2.25. The van der Waals surface area contributed by atoms with Gasteiger partial charge in [0.05, 0.1) is 7.11 Å². The van der Waals surface area contributed by atoms with E-state index in [1.807, 2.05) is 0 Å². The molecule has 0 N–H and O–H groups in total. The number of ketones is 1. The van der Waals surface area contributed by atoms with Crippen LogP contribution < -0.4 is 4.74 Å². The molecule has 2 rings (SSSR count). The number of carbonyl (C=O) groups excluding carboxylic acids is 1. The molecular weight excluding hydrogens is 204 g/mol. The number of hydrogen-bond donors (Lipinski definition) is 0. The van der Waals surface area contributed by atoms with Gasteiger partial charge in [-0.05, 0) is 36.6 Å². The van der Waals surface area contributed by atoms with Gasteiger partial charge in [0.15, 0.2) is 5.78 Å². The first kappa shape index (κ1) is 11.1. The fourth-order valence-electron chi connectivity index (χ4n) is 1.95. The molecular formula is C13H16O3. The van der Waals surface area contributed by atoms with Gasteiger partial charge in [0, 0.05) is 12.2 Å². The van der Waals surface area contributed by atoms with Crippen molar-refractivity contribution in [1.29, 1.82) is 0 Å². The Labute approximate surface area is 95.4 Å². The van der Waals surface area contributed by atoms with E-state index in [0.29, 0.717) is 18.1 Å². The van der Waals surface area contributed by atoms with Crippen molar-refractivity contribution in [2.45, 2.75) is 19.4 Å². The standard InChI is InChI=1S/C13H16O3/c1-9-7-8-16-13(9)12(14)10-3-5-11(15-2)6-4-10/h3-6,9,13H,7-8H2,1-2H3. The zero-order chi connectivity index (χ0) is 11.5. The first-order valence-corrected chi connectivity index (χ1v) is 5.52. The molecule has 1 aliphatic rings. The van der Waals surface area contributed by atoms with Crippen LogP contribution in [0.1, 0.15) is 23.7 Å². The number of Topliss-reactive ketones (excluding diaryl/α,β-unsaturated/α-hetero) is 1. The number of benzene rings is 1. The monoisotopic (exact) mass is 220 g/mol. The number of ether oxygens (including phenoxy) is 2. The summed E-state index contributed by atoms with van der Waals surface area (Å²) in [5.74, 6) is 1.15. The lowest BCUT2D eigenvalue weighted by Gasteiger charge is -2.13. The van der Waals surface area contributed by atoms with Crippen LogP contribution in [0.25, 0.3) is 0 Å². The molecule has 0 bridgehead atoms. The predicted octanol–water partition coefficient (Wildman–Crippen LogP) is 2.30. The minimum absolute atomic E-state index is 0.0765. The third kappa shape index (κ3) is 2.09. The summed E-state index contributed by atoms with van der Waals surface area (Å²) >= 11 is 0. The predicted molar refractivity (Wildman–Crippen MR) is 60.8 cm³/mol. The third-order valence-corrected chi connectivity index (χ3v) is 3.02. The highest BCUT2D eigenvalue weighted by Crippen LogP contribution is 2.24. The average molecular weight is 220 g/mol. The van der Waals surface area contributed by atoms with Crippen LogP contribution in [0, 0.1) is 5.92 Å². The highest BCUT2D eigenvalue weighted by molar-refractivity contribution is 5.99. The van der Waals surface area contributed by atoms with Gasteiger partial charge in [0.25, 0.3) is 0 Å². The molecule has 1 fully saturated rings. The second kappa shape index (κ2) is 4.66. The van der Waals surface area contributed by atoms with Gasteiger partial charge in [-0.25, -0.2) is 0 Å². The Morgan fingerprint density at radius 1 is 1.38 bits per heavy atom. The SMILES string of the molecule is COc1ccc(C(=O)C2OCCC2C)cc1. The maximum absolute atomic E-state index is 12.1. The molecule has 1 saturated heterocycles. The Hall–Kier alpha value is -1.35. The van der Waals surface area contributed by atoms with Gasteiger partial charge in [-0.1, -0.05) is 6.92 Å². The molecule has 0 amide bonds. The van der Waals surface area contributed by atoms with Gasteiger partial charge < -0.3 is 9.47 Å². The molecule has 1 heterocycles. The highest BCUT2D eigenvalue weighted by atomic mass is 16.5. The molecule has 0 radical (unpaired) electrons. The van der Waals surface area contributed by atoms with Crippen LogP contribution in [0.2, 0.25) is 0 Å². The van der Waals surface area contributed by atoms with E-state index in [1.165, 1.54) is 0 Å². The van der Waals surface area contributed by atoms with Crippen molar-refractivity contribution in [1.82, 2.24) is 0 Å². The van der Waals surface area contributed by atoms with Crippen molar-refractivity contribution in [3.63, 3.8) is 0 Å². The van der Waals surface area contributed by atoms with Crippen LogP contribution >= 0.6 is 0 Å². The van der Waals surface area contributed by atoms with Gasteiger partial charge in [-0.3, -0.25) is 4.79 Å². The van der Waals surface area contributed by atoms with Crippen LogP contribution in [0.3, 0.4) is 0 Å². The number of methoxy groups -OCH3 is 1. The van der Waals surface area contributed by atoms with Gasteiger partial charge >= 0.3 is 0 Å². The molecule has 2 unspecified atom stereocenters. The van der Waals surface area contributed by atoms with Crippen LogP contribution in [0.4, 0.5) is 0 Å². The molecule has 3 nitrogen and oxygen atoms in total. The lowest BCUT2D eigenvalue weighted by atomic mass is 9.96. The third-order valence-electron chi connectivity index (χ3n) is 3.02. The van der Waals surface area contributed by atoms with Crippen LogP contribution in [-0.2, 0) is 4.74 Å². The van der Waals surface area contributed by atoms with E-state index in [1.54, 1.807) is 31.4 Å². The number of hydrogen-bond acceptors (Lipinski definition) is 3. The van der Waals surface area contributed by atoms with Crippen LogP contribution in [0.15, 0.2) is 24.3 Å². The molecule has 1 aromatic rings. The second-order valence-corrected chi connectivity index (χ2v) is 4.15. The summed E-state index contributed by atoms with van der Waals surface area (Å²) in [6.45, 7) is 2.74. The zero-order valence-electron chi connectivity index (χ0n) is 9.60. The molecule has 0 aliphatic carbocycles. The quantitative estimate of drug-likeness (QED) is 0.733. The maximum atomic E-state index is 12.1. The minimum Gasteiger partial charge on any atom is -0.497 e. The molecule has 1 aliphatic heterocycles. The largest absolute Gasteiger partial charge is 0.497 e. The van der Waals surface area contributed by atoms with Crippen molar-refractivity contribution in [3.05, 3.63) is 29.8 Å². The van der Waals surface area contributed by atoms with Crippen LogP contribution in [-0.4, -0.2) is 25.6 Å². The molecule has 0 spiro atoms. The minimum atomic E-state index is -0.270. The summed E-state index contributed by atoms with van der Waals surface area (Å²) in [6, 6.07) is 7.17. The van der Waals surface area contributed by atoms with Gasteiger partial charge in [0.2, 0.25) is 0 Å². The van der Waals surface area contributed by atoms with Crippen LogP contribution in [0.5, 0.6) is 5.75 Å². The van der Waals surface area contributed by atoms with E-state index >= 15 is 0 Å². The summed E-state index contributed by atoms with van der Waals surface area (Å²) in [4.78, 5) is 12.1. The van der Waals surface area contributed by atoms with Crippen molar-refractivity contribution in [3.8, 4) is 5.75 Å². The Morgan fingerprint density at radius 2 is 2.06 bits per heavy atom. The Balaban J connectivity index is 2.14. The molecule has 2 atom stereocenters. The first-order chi connectivity index (χ1) is 7.72. The fourth-order valence-corrected chi connectivity index (χ4v) is 1.95. The first-order valence-electron chi connectivity index (χ1n) is 5.52. The molecule has 0 aromatic heterocycles. The Kier molecular flexibility index (Phi) is 3.25. The maximum Gasteiger partial charge on any atom is 0.191 e.